The highest BCUT2D eigenvalue weighted by Crippen LogP contribution is 2.33. The Hall–Kier alpha value is -4.52. The van der Waals surface area contributed by atoms with Crippen molar-refractivity contribution < 1.29 is 14.3 Å². The largest absolute Gasteiger partial charge is 0.496 e. The van der Waals surface area contributed by atoms with Crippen molar-refractivity contribution in [2.75, 3.05) is 17.7 Å². The number of nitrogens with one attached hydrogen (secondary N) is 2. The molecule has 2 amide bonds. The summed E-state index contributed by atoms with van der Waals surface area (Å²) in [7, 11) is 1.64. The number of aryl methyl sites for hydroxylation is 1. The molecular formula is C36H43N3O4. The van der Waals surface area contributed by atoms with Crippen LogP contribution in [0, 0.1) is 0 Å². The van der Waals surface area contributed by atoms with Crippen molar-refractivity contribution >= 4 is 17.4 Å². The summed E-state index contributed by atoms with van der Waals surface area (Å²) in [6.45, 7) is 11.4. The molecule has 0 bridgehead atoms. The van der Waals surface area contributed by atoms with E-state index in [1.807, 2.05) is 72.8 Å². The molecule has 4 rings (SSSR count). The number of urea groups is 1. The number of aromatic nitrogens is 1. The molecule has 0 atom stereocenters. The topological polar surface area (TPSA) is 81.6 Å². The van der Waals surface area contributed by atoms with E-state index in [9.17, 15) is 9.59 Å². The normalized spacial score (nSPS) is 11.1. The fraction of sp³-hybridized carbons (Fsp3) is 0.333. The van der Waals surface area contributed by atoms with Crippen molar-refractivity contribution in [3.05, 3.63) is 106 Å². The summed E-state index contributed by atoms with van der Waals surface area (Å²) in [6, 6.07) is 22.8. The van der Waals surface area contributed by atoms with Gasteiger partial charge in [0, 0.05) is 29.6 Å². The number of carbonyl (C=O) groups excluding carboxylic acids is 1. The number of hydrogen-bond acceptors (Lipinski definition) is 4. The van der Waals surface area contributed by atoms with Crippen molar-refractivity contribution in [3.8, 4) is 22.6 Å². The van der Waals surface area contributed by atoms with Gasteiger partial charge in [-0.1, -0.05) is 89.6 Å². The molecule has 0 spiro atoms. The molecule has 226 valence electrons. The molecule has 7 heteroatoms. The maximum absolute atomic E-state index is 13.7. The van der Waals surface area contributed by atoms with Gasteiger partial charge in [-0.2, -0.15) is 0 Å². The molecule has 1 aromatic heterocycles. The van der Waals surface area contributed by atoms with E-state index in [0.29, 0.717) is 24.5 Å². The molecule has 0 aliphatic carbocycles. The Labute approximate surface area is 254 Å². The van der Waals surface area contributed by atoms with Crippen LogP contribution in [0.4, 0.5) is 16.2 Å². The number of methoxy groups -OCH3 is 1. The molecule has 0 aliphatic rings. The van der Waals surface area contributed by atoms with E-state index in [0.717, 1.165) is 46.5 Å². The Bertz CT molecular complexity index is 1560. The van der Waals surface area contributed by atoms with Crippen molar-refractivity contribution in [1.82, 2.24) is 4.57 Å². The smallest absolute Gasteiger partial charge is 0.323 e. The number of benzene rings is 3. The zero-order valence-electron chi connectivity index (χ0n) is 26.1. The van der Waals surface area contributed by atoms with Gasteiger partial charge in [0.05, 0.1) is 7.11 Å². The zero-order valence-corrected chi connectivity index (χ0v) is 26.1. The molecule has 3 aromatic carbocycles. The maximum Gasteiger partial charge on any atom is 0.323 e. The van der Waals surface area contributed by atoms with Crippen molar-refractivity contribution in [2.24, 2.45) is 0 Å². The van der Waals surface area contributed by atoms with Crippen LogP contribution < -0.4 is 25.7 Å². The molecule has 1 heterocycles. The molecule has 0 saturated carbocycles. The molecule has 0 fully saturated rings. The van der Waals surface area contributed by atoms with E-state index in [4.69, 9.17) is 9.47 Å². The molecule has 2 N–H and O–H groups in total. The van der Waals surface area contributed by atoms with Crippen molar-refractivity contribution in [3.63, 3.8) is 0 Å². The number of carbonyl (C=O) groups is 1. The predicted octanol–water partition coefficient (Wildman–Crippen LogP) is 8.79. The lowest BCUT2D eigenvalue weighted by Crippen LogP contribution is -2.29. The second-order valence-electron chi connectivity index (χ2n) is 11.3. The highest BCUT2D eigenvalue weighted by Gasteiger charge is 2.19. The van der Waals surface area contributed by atoms with Gasteiger partial charge in [-0.05, 0) is 59.2 Å². The number of nitrogens with zero attached hydrogens (tertiary/aromatic N) is 1. The minimum Gasteiger partial charge on any atom is -0.496 e. The summed E-state index contributed by atoms with van der Waals surface area (Å²) in [6.07, 6.45) is 3.62. The van der Waals surface area contributed by atoms with Crippen molar-refractivity contribution in [2.45, 2.75) is 72.4 Å². The number of anilines is 2. The van der Waals surface area contributed by atoms with Crippen LogP contribution >= 0.6 is 0 Å². The third kappa shape index (κ3) is 7.66. The Morgan fingerprint density at radius 1 is 0.837 bits per heavy atom. The highest BCUT2D eigenvalue weighted by molar-refractivity contribution is 6.03. The first-order chi connectivity index (χ1) is 20.7. The lowest BCUT2D eigenvalue weighted by atomic mass is 9.93. The average Bonchev–Trinajstić information content (AvgIpc) is 3.00. The Morgan fingerprint density at radius 2 is 1.49 bits per heavy atom. The molecule has 0 saturated heterocycles. The van der Waals surface area contributed by atoms with Crippen LogP contribution in [0.25, 0.3) is 11.1 Å². The first-order valence-electron chi connectivity index (χ1n) is 15.0. The lowest BCUT2D eigenvalue weighted by molar-refractivity contribution is 0.262. The Morgan fingerprint density at radius 3 is 2.12 bits per heavy atom. The highest BCUT2D eigenvalue weighted by atomic mass is 16.5. The third-order valence-electron chi connectivity index (χ3n) is 7.52. The monoisotopic (exact) mass is 581 g/mol. The second-order valence-corrected chi connectivity index (χ2v) is 11.3. The molecule has 0 aliphatic heterocycles. The third-order valence-corrected chi connectivity index (χ3v) is 7.52. The van der Waals surface area contributed by atoms with Gasteiger partial charge in [0.1, 0.15) is 23.8 Å². The van der Waals surface area contributed by atoms with Gasteiger partial charge in [-0.15, -0.1) is 0 Å². The molecule has 7 nitrogen and oxygen atoms in total. The van der Waals surface area contributed by atoms with E-state index in [-0.39, 0.29) is 23.1 Å². The van der Waals surface area contributed by atoms with E-state index in [2.05, 4.69) is 45.3 Å². The van der Waals surface area contributed by atoms with E-state index in [1.165, 1.54) is 0 Å². The molecule has 0 radical (unpaired) electrons. The minimum atomic E-state index is -0.446. The van der Waals surface area contributed by atoms with Gasteiger partial charge in [0.25, 0.3) is 5.56 Å². The summed E-state index contributed by atoms with van der Waals surface area (Å²) < 4.78 is 13.1. The average molecular weight is 582 g/mol. The van der Waals surface area contributed by atoms with Gasteiger partial charge in [0.15, 0.2) is 0 Å². The summed E-state index contributed by atoms with van der Waals surface area (Å²) in [4.78, 5) is 27.2. The minimum absolute atomic E-state index is 0.219. The van der Waals surface area contributed by atoms with Crippen LogP contribution in [0.15, 0.2) is 83.8 Å². The van der Waals surface area contributed by atoms with Gasteiger partial charge < -0.3 is 24.7 Å². The number of pyridine rings is 1. The SMILES string of the molecule is CCCCn1ccc(-c2ccc(OCc3ccccc3OC)cc2)c(NC(=O)Nc2c(C(C)C)cccc2C(C)C)c1=O. The standard InChI is InChI=1S/C36H43N3O4/c1-7-8-21-39-22-20-31(26-16-18-28(19-17-26)43-23-27-12-9-10-15-32(27)42-6)34(35(39)40)38-36(41)37-33-29(24(2)3)13-11-14-30(33)25(4)5/h9-20,22,24-25H,7-8,21,23H2,1-6H3,(H2,37,38,41). The molecule has 4 aromatic rings. The van der Waals surface area contributed by atoms with Crippen LogP contribution in [0.3, 0.4) is 0 Å². The first kappa shape index (κ1) is 31.4. The van der Waals surface area contributed by atoms with E-state index >= 15 is 0 Å². The summed E-state index contributed by atoms with van der Waals surface area (Å²) in [5.74, 6) is 1.89. The number of amides is 2. The molecular weight excluding hydrogens is 538 g/mol. The quantitative estimate of drug-likeness (QED) is 0.175. The summed E-state index contributed by atoms with van der Waals surface area (Å²) >= 11 is 0. The predicted molar refractivity (Wildman–Crippen MR) is 176 cm³/mol. The van der Waals surface area contributed by atoms with Crippen LogP contribution in [0.1, 0.15) is 76.0 Å². The van der Waals surface area contributed by atoms with Gasteiger partial charge >= 0.3 is 6.03 Å². The Kier molecular flexibility index (Phi) is 10.7. The number of unbranched alkanes of at least 4 members (excludes halogenated alkanes) is 1. The van der Waals surface area contributed by atoms with Crippen molar-refractivity contribution in [1.29, 1.82) is 0 Å². The summed E-state index contributed by atoms with van der Waals surface area (Å²) in [5, 5.41) is 6.00. The lowest BCUT2D eigenvalue weighted by Gasteiger charge is -2.21. The molecule has 0 unspecified atom stereocenters. The number of ether oxygens (including phenoxy) is 2. The second kappa shape index (κ2) is 14.6. The van der Waals surface area contributed by atoms with E-state index < -0.39 is 6.03 Å². The fourth-order valence-electron chi connectivity index (χ4n) is 5.11. The number of para-hydroxylation sites is 2. The summed E-state index contributed by atoms with van der Waals surface area (Å²) in [5.41, 5.74) is 5.30. The van der Waals surface area contributed by atoms with Crippen LogP contribution in [0.2, 0.25) is 0 Å². The van der Waals surface area contributed by atoms with Crippen LogP contribution in [0.5, 0.6) is 11.5 Å². The van der Waals surface area contributed by atoms with Gasteiger partial charge in [-0.3, -0.25) is 4.79 Å². The van der Waals surface area contributed by atoms with E-state index in [1.54, 1.807) is 17.9 Å². The van der Waals surface area contributed by atoms with Gasteiger partial charge in [0.2, 0.25) is 0 Å². The van der Waals surface area contributed by atoms with Crippen LogP contribution in [-0.4, -0.2) is 17.7 Å². The Balaban J connectivity index is 1.63. The zero-order chi connectivity index (χ0) is 30.9. The number of rotatable bonds is 12. The fourth-order valence-corrected chi connectivity index (χ4v) is 5.11. The first-order valence-corrected chi connectivity index (χ1v) is 15.0. The maximum atomic E-state index is 13.7. The van der Waals surface area contributed by atoms with Crippen LogP contribution in [-0.2, 0) is 13.2 Å². The molecule has 43 heavy (non-hydrogen) atoms. The number of hydrogen-bond donors (Lipinski definition) is 2. The van der Waals surface area contributed by atoms with Gasteiger partial charge in [-0.25, -0.2) is 4.79 Å².